The fraction of sp³-hybridized carbons (Fsp3) is 0.435. The maximum absolute atomic E-state index is 12.7. The van der Waals surface area contributed by atoms with Crippen LogP contribution >= 0.6 is 15.9 Å². The molecule has 4 aromatic carbocycles. The number of fused-ring (bicyclic) bond motifs is 4. The van der Waals surface area contributed by atoms with Crippen molar-refractivity contribution >= 4 is 65.7 Å². The van der Waals surface area contributed by atoms with E-state index in [0.717, 1.165) is 21.1 Å². The summed E-state index contributed by atoms with van der Waals surface area (Å²) in [4.78, 5) is 24.8. The summed E-state index contributed by atoms with van der Waals surface area (Å²) in [5.74, 6) is 2.02. The van der Waals surface area contributed by atoms with E-state index in [4.69, 9.17) is 37.4 Å². The SMILES string of the molecule is CC1(C)OB(B2OC(C)(C)C(C)(C)O2)OC1(C)C.Cc1ccc2c(c1)NC(=O)c1cc(B3OC(C)(C)C(C)(C)O3)ccc1O2.Cc1ccc2c(c1)NC(=O)c1cc(Br)ccc1O2. The van der Waals surface area contributed by atoms with Crippen LogP contribution in [0.25, 0.3) is 0 Å². The summed E-state index contributed by atoms with van der Waals surface area (Å²) in [5, 5.41) is 5.79. The maximum Gasteiger partial charge on any atom is 0.494 e. The lowest BCUT2D eigenvalue weighted by molar-refractivity contribution is 0.00578. The van der Waals surface area contributed by atoms with Crippen LogP contribution in [-0.2, 0) is 27.9 Å². The normalized spacial score (nSPS) is 21.4. The number of hydrogen-bond acceptors (Lipinski definition) is 10. The van der Waals surface area contributed by atoms with Crippen LogP contribution in [0.1, 0.15) is 115 Å². The summed E-state index contributed by atoms with van der Waals surface area (Å²) in [5.41, 5.74) is 2.98. The molecule has 0 saturated carbocycles. The fourth-order valence-electron chi connectivity index (χ4n) is 6.99. The minimum Gasteiger partial charge on any atom is -0.454 e. The van der Waals surface area contributed by atoms with Gasteiger partial charge in [0.25, 0.3) is 11.8 Å². The maximum atomic E-state index is 12.7. The van der Waals surface area contributed by atoms with Gasteiger partial charge in [-0.2, -0.15) is 0 Å². The Kier molecular flexibility index (Phi) is 11.9. The van der Waals surface area contributed by atoms with Crippen LogP contribution in [0.4, 0.5) is 11.4 Å². The molecule has 3 saturated heterocycles. The molecular weight excluding hydrogens is 853 g/mol. The topological polar surface area (TPSA) is 132 Å². The average molecular weight is 909 g/mol. The Morgan fingerprint density at radius 3 is 1.23 bits per heavy atom. The Bertz CT molecular complexity index is 2340. The molecule has 0 unspecified atom stereocenters. The highest BCUT2D eigenvalue weighted by molar-refractivity contribution is 9.10. The van der Waals surface area contributed by atoms with Crippen molar-refractivity contribution in [1.29, 1.82) is 0 Å². The van der Waals surface area contributed by atoms with E-state index in [0.29, 0.717) is 45.5 Å². The Balaban J connectivity index is 0.000000144. The van der Waals surface area contributed by atoms with Crippen LogP contribution in [0.15, 0.2) is 77.3 Å². The van der Waals surface area contributed by atoms with Crippen LogP contribution in [0.2, 0.25) is 0 Å². The Labute approximate surface area is 374 Å². The molecule has 4 aromatic rings. The molecule has 0 bridgehead atoms. The molecular formula is C46H56B3BrN2O10. The van der Waals surface area contributed by atoms with Crippen molar-refractivity contribution in [3.63, 3.8) is 0 Å². The lowest BCUT2D eigenvalue weighted by Crippen LogP contribution is -2.41. The number of hydrogen-bond donors (Lipinski definition) is 2. The molecule has 2 amide bonds. The molecule has 326 valence electrons. The van der Waals surface area contributed by atoms with Gasteiger partial charge in [0.15, 0.2) is 11.5 Å². The van der Waals surface area contributed by atoms with E-state index in [2.05, 4.69) is 26.6 Å². The summed E-state index contributed by atoms with van der Waals surface area (Å²) in [6.07, 6.45) is 0. The van der Waals surface area contributed by atoms with Crippen molar-refractivity contribution in [3.8, 4) is 23.0 Å². The number of nitrogens with one attached hydrogen (secondary N) is 2. The van der Waals surface area contributed by atoms with E-state index in [1.54, 1.807) is 24.3 Å². The number of carbonyl (C=O) groups excluding carboxylic acids is 2. The molecule has 0 radical (unpaired) electrons. The van der Waals surface area contributed by atoms with Gasteiger partial charge in [-0.05, 0) is 168 Å². The quantitative estimate of drug-likeness (QED) is 0.187. The molecule has 9 rings (SSSR count). The van der Waals surface area contributed by atoms with Gasteiger partial charge in [-0.1, -0.05) is 34.1 Å². The van der Waals surface area contributed by atoms with E-state index >= 15 is 0 Å². The lowest BCUT2D eigenvalue weighted by Gasteiger charge is -2.32. The van der Waals surface area contributed by atoms with Gasteiger partial charge in [0, 0.05) is 4.47 Å². The molecule has 0 aromatic heterocycles. The number of ether oxygens (including phenoxy) is 2. The first-order valence-electron chi connectivity index (χ1n) is 20.9. The predicted molar refractivity (Wildman–Crippen MR) is 247 cm³/mol. The summed E-state index contributed by atoms with van der Waals surface area (Å²) in [6, 6.07) is 22.3. The summed E-state index contributed by atoms with van der Waals surface area (Å²) >= 11 is 3.35. The average Bonchev–Trinajstić information content (AvgIpc) is 3.52. The highest BCUT2D eigenvalue weighted by atomic mass is 79.9. The van der Waals surface area contributed by atoms with E-state index < -0.39 is 32.3 Å². The van der Waals surface area contributed by atoms with Gasteiger partial charge in [-0.25, -0.2) is 0 Å². The highest BCUT2D eigenvalue weighted by Crippen LogP contribution is 2.44. The zero-order chi connectivity index (χ0) is 45.4. The van der Waals surface area contributed by atoms with Crippen molar-refractivity contribution in [2.75, 3.05) is 10.6 Å². The van der Waals surface area contributed by atoms with Gasteiger partial charge < -0.3 is 48.0 Å². The number of benzene rings is 4. The molecule has 0 atom stereocenters. The molecule has 0 aliphatic carbocycles. The number of rotatable bonds is 2. The van der Waals surface area contributed by atoms with Crippen molar-refractivity contribution in [2.45, 2.75) is 131 Å². The molecule has 5 aliphatic heterocycles. The lowest BCUT2D eigenvalue weighted by atomic mass is 9.49. The molecule has 5 heterocycles. The number of aryl methyl sites for hydroxylation is 2. The van der Waals surface area contributed by atoms with E-state index in [1.807, 2.05) is 145 Å². The van der Waals surface area contributed by atoms with Crippen LogP contribution in [0, 0.1) is 13.8 Å². The molecule has 2 N–H and O–H groups in total. The standard InChI is InChI=1S/C20H22BNO4.C14H10BrNO2.C12H24B2O4/c1-12-6-8-17-15(10-12)22-18(23)14-11-13(7-9-16(14)24-17)21-25-19(2,3)20(4,5)26-21;1-8-2-4-13-11(6-8)16-14(17)10-7-9(15)3-5-12(10)18-13;1-9(2)10(3,4)16-13(15-9)14-17-11(5,6)12(7,8)18-14/h6-11H,1-5H3,(H,22,23);2-7H,1H3,(H,16,17);1-8H3. The highest BCUT2D eigenvalue weighted by Gasteiger charge is 2.63. The van der Waals surface area contributed by atoms with E-state index in [9.17, 15) is 9.59 Å². The zero-order valence-corrected chi connectivity index (χ0v) is 39.7. The first-order chi connectivity index (χ1) is 28.7. The van der Waals surface area contributed by atoms with Gasteiger partial charge in [-0.15, -0.1) is 0 Å². The van der Waals surface area contributed by atoms with Gasteiger partial charge in [0.2, 0.25) is 0 Å². The minimum absolute atomic E-state index is 0.157. The van der Waals surface area contributed by atoms with Crippen molar-refractivity contribution in [3.05, 3.63) is 99.5 Å². The predicted octanol–water partition coefficient (Wildman–Crippen LogP) is 10.0. The van der Waals surface area contributed by atoms with Gasteiger partial charge in [0.05, 0.1) is 56.1 Å². The number of halogens is 1. The first-order valence-corrected chi connectivity index (χ1v) is 21.7. The molecule has 62 heavy (non-hydrogen) atoms. The van der Waals surface area contributed by atoms with Crippen LogP contribution < -0.4 is 25.6 Å². The summed E-state index contributed by atoms with van der Waals surface area (Å²) < 4.78 is 48.6. The molecule has 12 nitrogen and oxygen atoms in total. The number of carbonyl (C=O) groups is 2. The Morgan fingerprint density at radius 1 is 0.452 bits per heavy atom. The fourth-order valence-corrected chi connectivity index (χ4v) is 7.35. The summed E-state index contributed by atoms with van der Waals surface area (Å²) in [7, 11) is -1.47. The monoisotopic (exact) mass is 908 g/mol. The second-order valence-corrected chi connectivity index (χ2v) is 20.3. The number of anilines is 2. The van der Waals surface area contributed by atoms with E-state index in [1.165, 1.54) is 0 Å². The number of amides is 2. The van der Waals surface area contributed by atoms with Crippen molar-refractivity contribution in [1.82, 2.24) is 0 Å². The zero-order valence-electron chi connectivity index (χ0n) is 38.1. The molecule has 16 heteroatoms. The van der Waals surface area contributed by atoms with Crippen LogP contribution in [0.5, 0.6) is 23.0 Å². The van der Waals surface area contributed by atoms with Crippen molar-refractivity contribution < 1.29 is 47.0 Å². The van der Waals surface area contributed by atoms with Crippen LogP contribution in [-0.4, -0.2) is 66.6 Å². The Hall–Kier alpha value is -4.15. The second-order valence-electron chi connectivity index (χ2n) is 19.3. The van der Waals surface area contributed by atoms with E-state index in [-0.39, 0.29) is 34.2 Å². The third-order valence-electron chi connectivity index (χ3n) is 12.9. The largest absolute Gasteiger partial charge is 0.494 e. The van der Waals surface area contributed by atoms with Crippen molar-refractivity contribution in [2.24, 2.45) is 0 Å². The van der Waals surface area contributed by atoms with Gasteiger partial charge in [-0.3, -0.25) is 9.59 Å². The smallest absolute Gasteiger partial charge is 0.454 e. The Morgan fingerprint density at radius 2 is 0.806 bits per heavy atom. The third kappa shape index (κ3) is 8.97. The van der Waals surface area contributed by atoms with Crippen LogP contribution in [0.3, 0.4) is 0 Å². The molecule has 0 spiro atoms. The third-order valence-corrected chi connectivity index (χ3v) is 13.4. The van der Waals surface area contributed by atoms with Gasteiger partial charge >= 0.3 is 21.1 Å². The second kappa shape index (κ2) is 16.1. The minimum atomic E-state index is -0.522. The first kappa shape index (κ1) is 45.9. The molecule has 5 aliphatic rings. The molecule has 3 fully saturated rings. The van der Waals surface area contributed by atoms with Gasteiger partial charge in [0.1, 0.15) is 11.5 Å². The summed E-state index contributed by atoms with van der Waals surface area (Å²) in [6.45, 7) is 28.2.